The predicted octanol–water partition coefficient (Wildman–Crippen LogP) is 3.86. The van der Waals surface area contributed by atoms with Gasteiger partial charge in [-0.05, 0) is 42.4 Å². The van der Waals surface area contributed by atoms with Crippen molar-refractivity contribution in [2.45, 2.75) is 65.4 Å². The average molecular weight is 224 g/mol. The summed E-state index contributed by atoms with van der Waals surface area (Å²) in [7, 11) is 0. The van der Waals surface area contributed by atoms with E-state index in [1.165, 1.54) is 32.1 Å². The van der Waals surface area contributed by atoms with Crippen molar-refractivity contribution in [3.63, 3.8) is 0 Å². The molecule has 6 unspecified atom stereocenters. The van der Waals surface area contributed by atoms with E-state index in [-0.39, 0.29) is 6.10 Å². The molecule has 0 amide bonds. The lowest BCUT2D eigenvalue weighted by Gasteiger charge is -2.55. The van der Waals surface area contributed by atoms with Gasteiger partial charge in [-0.2, -0.15) is 0 Å². The Morgan fingerprint density at radius 3 is 2.38 bits per heavy atom. The van der Waals surface area contributed by atoms with Crippen molar-refractivity contribution in [3.05, 3.63) is 0 Å². The van der Waals surface area contributed by atoms with Crippen LogP contribution in [0.25, 0.3) is 0 Å². The van der Waals surface area contributed by atoms with Gasteiger partial charge in [0.1, 0.15) is 0 Å². The van der Waals surface area contributed by atoms with E-state index in [0.29, 0.717) is 5.92 Å². The zero-order valence-corrected chi connectivity index (χ0v) is 11.2. The summed E-state index contributed by atoms with van der Waals surface area (Å²) in [6.45, 7) is 7.11. The monoisotopic (exact) mass is 224 g/mol. The first kappa shape index (κ1) is 12.4. The van der Waals surface area contributed by atoms with Crippen LogP contribution in [0.3, 0.4) is 0 Å². The quantitative estimate of drug-likeness (QED) is 0.772. The Labute approximate surface area is 101 Å². The maximum Gasteiger partial charge on any atom is 0.0571 e. The van der Waals surface area contributed by atoms with Crippen LogP contribution in [0, 0.1) is 29.6 Å². The van der Waals surface area contributed by atoms with Gasteiger partial charge in [-0.1, -0.05) is 46.5 Å². The summed E-state index contributed by atoms with van der Waals surface area (Å²) in [5.41, 5.74) is 0. The van der Waals surface area contributed by atoms with Crippen molar-refractivity contribution in [2.75, 3.05) is 0 Å². The summed E-state index contributed by atoms with van der Waals surface area (Å²) in [5.74, 6) is 4.08. The fraction of sp³-hybridized carbons (Fsp3) is 1.00. The Bertz CT molecular complexity index is 225. The highest BCUT2D eigenvalue weighted by Crippen LogP contribution is 2.54. The molecule has 0 aromatic rings. The van der Waals surface area contributed by atoms with E-state index >= 15 is 0 Å². The van der Waals surface area contributed by atoms with E-state index in [1.54, 1.807) is 0 Å². The first-order valence-electron chi connectivity index (χ1n) is 7.34. The average Bonchev–Trinajstić information content (AvgIpc) is 2.30. The third-order valence-corrected chi connectivity index (χ3v) is 5.50. The minimum Gasteiger partial charge on any atom is -0.393 e. The van der Waals surface area contributed by atoms with E-state index in [0.717, 1.165) is 30.1 Å². The minimum atomic E-state index is 0.00746. The van der Waals surface area contributed by atoms with Gasteiger partial charge in [0, 0.05) is 0 Å². The lowest BCUT2D eigenvalue weighted by molar-refractivity contribution is -0.0954. The van der Waals surface area contributed by atoms with Crippen molar-refractivity contribution >= 4 is 0 Å². The van der Waals surface area contributed by atoms with Crippen LogP contribution in [0.4, 0.5) is 0 Å². The fourth-order valence-corrected chi connectivity index (χ4v) is 4.42. The molecule has 2 fully saturated rings. The Balaban J connectivity index is 2.00. The normalized spacial score (nSPS) is 48.8. The van der Waals surface area contributed by atoms with Crippen molar-refractivity contribution < 1.29 is 5.11 Å². The molecule has 0 radical (unpaired) electrons. The summed E-state index contributed by atoms with van der Waals surface area (Å²) < 4.78 is 0. The Hall–Kier alpha value is -0.0400. The summed E-state index contributed by atoms with van der Waals surface area (Å²) >= 11 is 0. The summed E-state index contributed by atoms with van der Waals surface area (Å²) in [6.07, 6.45) is 7.61. The second kappa shape index (κ2) is 5.08. The molecule has 0 saturated heterocycles. The Kier molecular flexibility index (Phi) is 3.94. The molecule has 0 spiro atoms. The molecular formula is C15H28O. The van der Waals surface area contributed by atoms with Crippen LogP contribution >= 0.6 is 0 Å². The van der Waals surface area contributed by atoms with Gasteiger partial charge < -0.3 is 5.11 Å². The van der Waals surface area contributed by atoms with Gasteiger partial charge in [0.05, 0.1) is 6.10 Å². The van der Waals surface area contributed by atoms with E-state index in [1.807, 2.05) is 0 Å². The standard InChI is InChI=1S/C15H28O/c1-4-7-12-10(2)11(3)15(12)13-8-5-6-9-14(13)16/h10-16H,4-9H2,1-3H3. The van der Waals surface area contributed by atoms with Crippen LogP contribution in [-0.2, 0) is 0 Å². The summed E-state index contributed by atoms with van der Waals surface area (Å²) in [5, 5.41) is 10.2. The SMILES string of the molecule is CCCC1C(C)C(C)C1C1CCCCC1O. The molecular weight excluding hydrogens is 196 g/mol. The van der Waals surface area contributed by atoms with Gasteiger partial charge in [0.15, 0.2) is 0 Å². The smallest absolute Gasteiger partial charge is 0.0571 e. The number of hydrogen-bond donors (Lipinski definition) is 1. The molecule has 94 valence electrons. The number of rotatable bonds is 3. The highest BCUT2D eigenvalue weighted by atomic mass is 16.3. The van der Waals surface area contributed by atoms with Crippen LogP contribution in [0.15, 0.2) is 0 Å². The first-order chi connectivity index (χ1) is 7.66. The zero-order chi connectivity index (χ0) is 11.7. The van der Waals surface area contributed by atoms with Crippen molar-refractivity contribution in [3.8, 4) is 0 Å². The summed E-state index contributed by atoms with van der Waals surface area (Å²) in [6, 6.07) is 0. The highest BCUT2D eigenvalue weighted by molar-refractivity contribution is 4.98. The minimum absolute atomic E-state index is 0.00746. The zero-order valence-electron chi connectivity index (χ0n) is 11.2. The Morgan fingerprint density at radius 1 is 1.06 bits per heavy atom. The number of hydrogen-bond acceptors (Lipinski definition) is 1. The molecule has 0 aromatic heterocycles. The molecule has 0 aliphatic heterocycles. The van der Waals surface area contributed by atoms with Gasteiger partial charge in [-0.3, -0.25) is 0 Å². The van der Waals surface area contributed by atoms with E-state index in [2.05, 4.69) is 20.8 Å². The highest BCUT2D eigenvalue weighted by Gasteiger charge is 2.49. The van der Waals surface area contributed by atoms with Gasteiger partial charge in [0.2, 0.25) is 0 Å². The molecule has 2 aliphatic carbocycles. The number of aliphatic hydroxyl groups excluding tert-OH is 1. The third-order valence-electron chi connectivity index (χ3n) is 5.50. The summed E-state index contributed by atoms with van der Waals surface area (Å²) in [4.78, 5) is 0. The lowest BCUT2D eigenvalue weighted by atomic mass is 9.51. The van der Waals surface area contributed by atoms with Crippen molar-refractivity contribution in [1.82, 2.24) is 0 Å². The van der Waals surface area contributed by atoms with Crippen LogP contribution in [0.5, 0.6) is 0 Å². The Morgan fingerprint density at radius 2 is 1.75 bits per heavy atom. The first-order valence-corrected chi connectivity index (χ1v) is 7.34. The molecule has 16 heavy (non-hydrogen) atoms. The molecule has 2 rings (SSSR count). The van der Waals surface area contributed by atoms with Crippen LogP contribution in [0.1, 0.15) is 59.3 Å². The van der Waals surface area contributed by atoms with Gasteiger partial charge in [-0.15, -0.1) is 0 Å². The molecule has 1 heteroatoms. The number of aliphatic hydroxyl groups is 1. The molecule has 0 bridgehead atoms. The molecule has 1 N–H and O–H groups in total. The predicted molar refractivity (Wildman–Crippen MR) is 68.2 cm³/mol. The van der Waals surface area contributed by atoms with Gasteiger partial charge >= 0.3 is 0 Å². The van der Waals surface area contributed by atoms with Gasteiger partial charge in [0.25, 0.3) is 0 Å². The lowest BCUT2D eigenvalue weighted by Crippen LogP contribution is -2.51. The van der Waals surface area contributed by atoms with Crippen molar-refractivity contribution in [1.29, 1.82) is 0 Å². The van der Waals surface area contributed by atoms with Gasteiger partial charge in [-0.25, -0.2) is 0 Å². The fourth-order valence-electron chi connectivity index (χ4n) is 4.42. The van der Waals surface area contributed by atoms with Crippen LogP contribution in [0.2, 0.25) is 0 Å². The maximum absolute atomic E-state index is 10.2. The van der Waals surface area contributed by atoms with E-state index < -0.39 is 0 Å². The topological polar surface area (TPSA) is 20.2 Å². The van der Waals surface area contributed by atoms with Crippen LogP contribution < -0.4 is 0 Å². The molecule has 2 saturated carbocycles. The van der Waals surface area contributed by atoms with E-state index in [4.69, 9.17) is 0 Å². The second-order valence-electron chi connectivity index (χ2n) is 6.26. The largest absolute Gasteiger partial charge is 0.393 e. The van der Waals surface area contributed by atoms with E-state index in [9.17, 15) is 5.11 Å². The molecule has 2 aliphatic rings. The molecule has 6 atom stereocenters. The molecule has 0 aromatic carbocycles. The van der Waals surface area contributed by atoms with Crippen LogP contribution in [-0.4, -0.2) is 11.2 Å². The molecule has 0 heterocycles. The van der Waals surface area contributed by atoms with Crippen molar-refractivity contribution in [2.24, 2.45) is 29.6 Å². The second-order valence-corrected chi connectivity index (χ2v) is 6.26. The molecule has 1 nitrogen and oxygen atoms in total. The maximum atomic E-state index is 10.2. The third kappa shape index (κ3) is 2.03.